The van der Waals surface area contributed by atoms with Crippen molar-refractivity contribution in [3.63, 3.8) is 0 Å². The monoisotopic (exact) mass is 255 g/mol. The Hall–Kier alpha value is -0.680. The van der Waals surface area contributed by atoms with Crippen LogP contribution in [0.15, 0.2) is 0 Å². The molecule has 0 aromatic heterocycles. The summed E-state index contributed by atoms with van der Waals surface area (Å²) in [5, 5.41) is 3.87. The zero-order valence-corrected chi connectivity index (χ0v) is 11.9. The standard InChI is InChI=1S/C12H21N3OS/c1-11(2,3)15-9(16)12(13-10(15)17)5-7-14(4)8-6-12/h5-8H2,1-4H3,(H,13,17). The molecule has 0 aromatic rings. The van der Waals surface area contributed by atoms with Crippen molar-refractivity contribution in [2.45, 2.75) is 44.7 Å². The largest absolute Gasteiger partial charge is 0.348 e. The molecule has 1 spiro atoms. The van der Waals surface area contributed by atoms with Crippen molar-refractivity contribution in [2.24, 2.45) is 0 Å². The van der Waals surface area contributed by atoms with E-state index in [0.717, 1.165) is 25.9 Å². The minimum absolute atomic E-state index is 0.156. The first kappa shape index (κ1) is 12.8. The summed E-state index contributed by atoms with van der Waals surface area (Å²) in [4.78, 5) is 16.6. The lowest BCUT2D eigenvalue weighted by atomic mass is 9.87. The Morgan fingerprint density at radius 3 is 2.24 bits per heavy atom. The van der Waals surface area contributed by atoms with Gasteiger partial charge in [0.1, 0.15) is 5.54 Å². The van der Waals surface area contributed by atoms with E-state index >= 15 is 0 Å². The van der Waals surface area contributed by atoms with Crippen LogP contribution >= 0.6 is 12.2 Å². The fraction of sp³-hybridized carbons (Fsp3) is 0.833. The summed E-state index contributed by atoms with van der Waals surface area (Å²) in [6.45, 7) is 7.95. The number of piperidine rings is 1. The van der Waals surface area contributed by atoms with Crippen LogP contribution in [0.1, 0.15) is 33.6 Å². The number of nitrogens with one attached hydrogen (secondary N) is 1. The number of amides is 1. The lowest BCUT2D eigenvalue weighted by molar-refractivity contribution is -0.135. The first-order valence-electron chi connectivity index (χ1n) is 6.12. The highest BCUT2D eigenvalue weighted by atomic mass is 32.1. The van der Waals surface area contributed by atoms with Crippen LogP contribution in [0.5, 0.6) is 0 Å². The van der Waals surface area contributed by atoms with Gasteiger partial charge in [-0.05, 0) is 52.9 Å². The Morgan fingerprint density at radius 1 is 1.29 bits per heavy atom. The normalized spacial score (nSPS) is 25.5. The molecule has 0 aliphatic carbocycles. The molecule has 2 fully saturated rings. The van der Waals surface area contributed by atoms with Crippen molar-refractivity contribution in [2.75, 3.05) is 20.1 Å². The van der Waals surface area contributed by atoms with Gasteiger partial charge in [0.05, 0.1) is 0 Å². The Balaban J connectivity index is 2.24. The summed E-state index contributed by atoms with van der Waals surface area (Å²) in [7, 11) is 2.09. The van der Waals surface area contributed by atoms with E-state index in [0.29, 0.717) is 5.11 Å². The molecule has 2 aliphatic heterocycles. The van der Waals surface area contributed by atoms with Crippen molar-refractivity contribution < 1.29 is 4.79 Å². The van der Waals surface area contributed by atoms with E-state index in [1.54, 1.807) is 4.90 Å². The molecule has 17 heavy (non-hydrogen) atoms. The van der Waals surface area contributed by atoms with E-state index in [-0.39, 0.29) is 11.4 Å². The molecule has 1 N–H and O–H groups in total. The second-order valence-electron chi connectivity index (χ2n) is 6.13. The molecule has 0 aromatic carbocycles. The molecule has 2 heterocycles. The Kier molecular flexibility index (Phi) is 2.94. The minimum atomic E-state index is -0.434. The molecule has 0 bridgehead atoms. The third-order valence-corrected chi connectivity index (χ3v) is 3.96. The van der Waals surface area contributed by atoms with E-state index in [1.165, 1.54) is 0 Å². The molecule has 2 saturated heterocycles. The van der Waals surface area contributed by atoms with E-state index in [9.17, 15) is 4.79 Å². The Morgan fingerprint density at radius 2 is 1.82 bits per heavy atom. The Labute approximate surface area is 108 Å². The van der Waals surface area contributed by atoms with Gasteiger partial charge in [0.25, 0.3) is 5.91 Å². The van der Waals surface area contributed by atoms with E-state index < -0.39 is 5.54 Å². The number of likely N-dealkylation sites (tertiary alicyclic amines) is 1. The number of hydrogen-bond acceptors (Lipinski definition) is 3. The molecule has 0 atom stereocenters. The van der Waals surface area contributed by atoms with Crippen LogP contribution in [0, 0.1) is 0 Å². The molecule has 0 radical (unpaired) electrons. The lowest BCUT2D eigenvalue weighted by Crippen LogP contribution is -2.55. The summed E-state index contributed by atoms with van der Waals surface area (Å²) < 4.78 is 0. The number of carbonyl (C=O) groups is 1. The van der Waals surface area contributed by atoms with Crippen molar-refractivity contribution in [1.29, 1.82) is 0 Å². The van der Waals surface area contributed by atoms with Gasteiger partial charge < -0.3 is 10.2 Å². The van der Waals surface area contributed by atoms with Gasteiger partial charge in [0, 0.05) is 18.6 Å². The average molecular weight is 255 g/mol. The maximum atomic E-state index is 12.6. The van der Waals surface area contributed by atoms with Crippen LogP contribution in [0.3, 0.4) is 0 Å². The molecular formula is C12H21N3OS. The van der Waals surface area contributed by atoms with Crippen molar-refractivity contribution >= 4 is 23.2 Å². The highest BCUT2D eigenvalue weighted by Crippen LogP contribution is 2.32. The second-order valence-corrected chi connectivity index (χ2v) is 6.51. The maximum absolute atomic E-state index is 12.6. The number of thiocarbonyl (C=S) groups is 1. The fourth-order valence-corrected chi connectivity index (χ4v) is 3.12. The first-order chi connectivity index (χ1) is 7.76. The van der Waals surface area contributed by atoms with E-state index in [2.05, 4.69) is 17.3 Å². The minimum Gasteiger partial charge on any atom is -0.348 e. The molecular weight excluding hydrogens is 234 g/mol. The van der Waals surface area contributed by atoms with Crippen LogP contribution < -0.4 is 5.32 Å². The van der Waals surface area contributed by atoms with Gasteiger partial charge in [-0.3, -0.25) is 9.69 Å². The third kappa shape index (κ3) is 2.06. The van der Waals surface area contributed by atoms with E-state index in [1.807, 2.05) is 20.8 Å². The smallest absolute Gasteiger partial charge is 0.255 e. The van der Waals surface area contributed by atoms with Gasteiger partial charge in [-0.2, -0.15) is 0 Å². The van der Waals surface area contributed by atoms with Gasteiger partial charge in [-0.15, -0.1) is 0 Å². The van der Waals surface area contributed by atoms with Gasteiger partial charge >= 0.3 is 0 Å². The third-order valence-electron chi connectivity index (χ3n) is 3.67. The zero-order chi connectivity index (χ0) is 12.8. The van der Waals surface area contributed by atoms with Crippen LogP contribution in [0.2, 0.25) is 0 Å². The van der Waals surface area contributed by atoms with Gasteiger partial charge in [-0.25, -0.2) is 0 Å². The van der Waals surface area contributed by atoms with Crippen LogP contribution in [-0.2, 0) is 4.79 Å². The fourth-order valence-electron chi connectivity index (χ4n) is 2.57. The predicted octanol–water partition coefficient (Wildman–Crippen LogP) is 0.966. The molecule has 0 saturated carbocycles. The average Bonchev–Trinajstić information content (AvgIpc) is 2.43. The van der Waals surface area contributed by atoms with Crippen molar-refractivity contribution in [1.82, 2.24) is 15.1 Å². The zero-order valence-electron chi connectivity index (χ0n) is 11.0. The maximum Gasteiger partial charge on any atom is 0.255 e. The van der Waals surface area contributed by atoms with Gasteiger partial charge in [-0.1, -0.05) is 0 Å². The lowest BCUT2D eigenvalue weighted by Gasteiger charge is -2.37. The van der Waals surface area contributed by atoms with Crippen molar-refractivity contribution in [3.05, 3.63) is 0 Å². The van der Waals surface area contributed by atoms with Crippen molar-refractivity contribution in [3.8, 4) is 0 Å². The summed E-state index contributed by atoms with van der Waals surface area (Å²) in [6.07, 6.45) is 1.68. The summed E-state index contributed by atoms with van der Waals surface area (Å²) in [5.41, 5.74) is -0.676. The van der Waals surface area contributed by atoms with Gasteiger partial charge in [0.15, 0.2) is 5.11 Å². The molecule has 96 valence electrons. The number of rotatable bonds is 0. The quantitative estimate of drug-likeness (QED) is 0.654. The second kappa shape index (κ2) is 3.92. The Bertz CT molecular complexity index is 353. The number of carbonyl (C=O) groups excluding carboxylic acids is 1. The van der Waals surface area contributed by atoms with E-state index in [4.69, 9.17) is 12.2 Å². The molecule has 0 unspecified atom stereocenters. The molecule has 2 rings (SSSR count). The summed E-state index contributed by atoms with van der Waals surface area (Å²) in [6, 6.07) is 0. The van der Waals surface area contributed by atoms with Crippen LogP contribution in [0.4, 0.5) is 0 Å². The number of hydrogen-bond donors (Lipinski definition) is 1. The topological polar surface area (TPSA) is 35.6 Å². The molecule has 1 amide bonds. The highest BCUT2D eigenvalue weighted by molar-refractivity contribution is 7.80. The SMILES string of the molecule is CN1CCC2(CC1)NC(=S)N(C(C)(C)C)C2=O. The number of nitrogens with zero attached hydrogens (tertiary/aromatic N) is 2. The molecule has 4 nitrogen and oxygen atoms in total. The van der Waals surface area contributed by atoms with Crippen LogP contribution in [0.25, 0.3) is 0 Å². The van der Waals surface area contributed by atoms with Gasteiger partial charge in [0.2, 0.25) is 0 Å². The van der Waals surface area contributed by atoms with Crippen LogP contribution in [-0.4, -0.2) is 52.0 Å². The summed E-state index contributed by atoms with van der Waals surface area (Å²) >= 11 is 5.33. The molecule has 5 heteroatoms. The molecule has 2 aliphatic rings. The summed E-state index contributed by atoms with van der Waals surface area (Å²) in [5.74, 6) is 0.156. The highest BCUT2D eigenvalue weighted by Gasteiger charge is 2.52. The predicted molar refractivity (Wildman–Crippen MR) is 71.8 cm³/mol. The first-order valence-corrected chi connectivity index (χ1v) is 6.52.